The lowest BCUT2D eigenvalue weighted by Crippen LogP contribution is -2.34. The van der Waals surface area contributed by atoms with Crippen molar-refractivity contribution >= 4 is 5.97 Å². The minimum absolute atomic E-state index is 0.0520. The fraction of sp³-hybridized carbons (Fsp3) is 0.455. The van der Waals surface area contributed by atoms with Crippen LogP contribution in [0.2, 0.25) is 0 Å². The van der Waals surface area contributed by atoms with Gasteiger partial charge in [-0.05, 0) is 37.1 Å². The molecule has 0 amide bonds. The third-order valence-corrected chi connectivity index (χ3v) is 2.97. The quantitative estimate of drug-likeness (QED) is 0.755. The van der Waals surface area contributed by atoms with Crippen LogP contribution >= 0.6 is 0 Å². The highest BCUT2D eigenvalue weighted by Gasteiger charge is 2.34. The molecule has 2 N–H and O–H groups in total. The van der Waals surface area contributed by atoms with Crippen molar-refractivity contribution in [1.29, 1.82) is 0 Å². The van der Waals surface area contributed by atoms with E-state index in [0.29, 0.717) is 0 Å². The molecule has 0 radical (unpaired) electrons. The molecule has 80 valence electrons. The largest absolute Gasteiger partial charge is 0.480 e. The summed E-state index contributed by atoms with van der Waals surface area (Å²) in [7, 11) is 0. The molecule has 1 aliphatic heterocycles. The summed E-state index contributed by atoms with van der Waals surface area (Å²) < 4.78 is 0. The second-order valence-corrected chi connectivity index (χ2v) is 3.90. The maximum absolute atomic E-state index is 11.0. The van der Waals surface area contributed by atoms with Crippen molar-refractivity contribution in [2.75, 3.05) is 6.54 Å². The van der Waals surface area contributed by atoms with E-state index in [0.717, 1.165) is 24.1 Å². The predicted octanol–water partition coefficient (Wildman–Crippen LogP) is 0.920. The van der Waals surface area contributed by atoms with Crippen LogP contribution in [0, 0.1) is 6.92 Å². The van der Waals surface area contributed by atoms with E-state index in [1.54, 1.807) is 12.4 Å². The van der Waals surface area contributed by atoms with Gasteiger partial charge < -0.3 is 10.4 Å². The zero-order valence-corrected chi connectivity index (χ0v) is 8.60. The number of hydrogen-bond donors (Lipinski definition) is 2. The number of rotatable bonds is 2. The van der Waals surface area contributed by atoms with Crippen LogP contribution in [0.15, 0.2) is 18.5 Å². The SMILES string of the molecule is Cc1ccncc1C1CCNC1C(=O)O. The number of carboxylic acid groups (broad SMARTS) is 1. The molecule has 0 bridgehead atoms. The molecule has 0 aliphatic carbocycles. The zero-order valence-electron chi connectivity index (χ0n) is 8.60. The van der Waals surface area contributed by atoms with Crippen molar-refractivity contribution in [3.63, 3.8) is 0 Å². The van der Waals surface area contributed by atoms with E-state index >= 15 is 0 Å². The minimum atomic E-state index is -0.777. The van der Waals surface area contributed by atoms with E-state index in [1.807, 2.05) is 13.0 Å². The topological polar surface area (TPSA) is 62.2 Å². The average Bonchev–Trinajstić information content (AvgIpc) is 2.67. The molecule has 4 heteroatoms. The van der Waals surface area contributed by atoms with Crippen LogP contribution in [-0.2, 0) is 4.79 Å². The van der Waals surface area contributed by atoms with E-state index in [1.165, 1.54) is 0 Å². The summed E-state index contributed by atoms with van der Waals surface area (Å²) in [6.45, 7) is 2.75. The van der Waals surface area contributed by atoms with Gasteiger partial charge in [0.15, 0.2) is 0 Å². The predicted molar refractivity (Wildman–Crippen MR) is 55.8 cm³/mol. The van der Waals surface area contributed by atoms with Gasteiger partial charge in [-0.1, -0.05) is 0 Å². The molecular weight excluding hydrogens is 192 g/mol. The molecule has 1 aliphatic rings. The minimum Gasteiger partial charge on any atom is -0.480 e. The fourth-order valence-electron chi connectivity index (χ4n) is 2.16. The first kappa shape index (κ1) is 10.1. The van der Waals surface area contributed by atoms with Gasteiger partial charge in [0, 0.05) is 18.3 Å². The molecule has 1 aromatic heterocycles. The van der Waals surface area contributed by atoms with E-state index in [9.17, 15) is 4.79 Å². The van der Waals surface area contributed by atoms with E-state index in [4.69, 9.17) is 5.11 Å². The van der Waals surface area contributed by atoms with Gasteiger partial charge in [-0.2, -0.15) is 0 Å². The Labute approximate surface area is 88.3 Å². The first-order valence-electron chi connectivity index (χ1n) is 5.07. The molecule has 2 rings (SSSR count). The summed E-state index contributed by atoms with van der Waals surface area (Å²) in [6, 6.07) is 1.46. The highest BCUT2D eigenvalue weighted by molar-refractivity contribution is 5.75. The lowest BCUT2D eigenvalue weighted by atomic mass is 9.90. The molecule has 2 atom stereocenters. The van der Waals surface area contributed by atoms with Gasteiger partial charge in [0.1, 0.15) is 6.04 Å². The van der Waals surface area contributed by atoms with Gasteiger partial charge in [0.05, 0.1) is 0 Å². The second-order valence-electron chi connectivity index (χ2n) is 3.90. The van der Waals surface area contributed by atoms with E-state index in [-0.39, 0.29) is 5.92 Å². The summed E-state index contributed by atoms with van der Waals surface area (Å²) in [5.41, 5.74) is 2.17. The van der Waals surface area contributed by atoms with Gasteiger partial charge in [-0.15, -0.1) is 0 Å². The lowest BCUT2D eigenvalue weighted by Gasteiger charge is -2.17. The monoisotopic (exact) mass is 206 g/mol. The van der Waals surface area contributed by atoms with Crippen LogP contribution in [0.5, 0.6) is 0 Å². The standard InChI is InChI=1S/C11H14N2O2/c1-7-2-4-12-6-9(7)8-3-5-13-10(8)11(14)15/h2,4,6,8,10,13H,3,5H2,1H3,(H,14,15). The number of carboxylic acids is 1. The van der Waals surface area contributed by atoms with Crippen molar-refractivity contribution in [1.82, 2.24) is 10.3 Å². The Morgan fingerprint density at radius 1 is 1.67 bits per heavy atom. The maximum atomic E-state index is 11.0. The molecule has 2 unspecified atom stereocenters. The van der Waals surface area contributed by atoms with Crippen LogP contribution in [0.25, 0.3) is 0 Å². The van der Waals surface area contributed by atoms with Crippen molar-refractivity contribution in [2.24, 2.45) is 0 Å². The van der Waals surface area contributed by atoms with Gasteiger partial charge in [0.2, 0.25) is 0 Å². The zero-order chi connectivity index (χ0) is 10.8. The Hall–Kier alpha value is -1.42. The average molecular weight is 206 g/mol. The Morgan fingerprint density at radius 2 is 2.47 bits per heavy atom. The first-order valence-corrected chi connectivity index (χ1v) is 5.07. The van der Waals surface area contributed by atoms with Gasteiger partial charge in [-0.25, -0.2) is 0 Å². The van der Waals surface area contributed by atoms with Crippen molar-refractivity contribution in [3.05, 3.63) is 29.6 Å². The summed E-state index contributed by atoms with van der Waals surface area (Å²) in [5.74, 6) is -0.725. The number of carbonyl (C=O) groups is 1. The molecule has 1 saturated heterocycles. The molecule has 0 saturated carbocycles. The number of aromatic nitrogens is 1. The van der Waals surface area contributed by atoms with Crippen molar-refractivity contribution in [2.45, 2.75) is 25.3 Å². The molecule has 1 fully saturated rings. The Morgan fingerprint density at radius 3 is 3.13 bits per heavy atom. The lowest BCUT2D eigenvalue weighted by molar-refractivity contribution is -0.139. The van der Waals surface area contributed by atoms with Crippen LogP contribution in [0.1, 0.15) is 23.5 Å². The molecule has 15 heavy (non-hydrogen) atoms. The Bertz CT molecular complexity index is 379. The Balaban J connectivity index is 2.30. The molecule has 0 aromatic carbocycles. The normalized spacial score (nSPS) is 25.4. The summed E-state index contributed by atoms with van der Waals surface area (Å²) >= 11 is 0. The fourth-order valence-corrected chi connectivity index (χ4v) is 2.16. The van der Waals surface area contributed by atoms with Crippen LogP contribution in [-0.4, -0.2) is 28.6 Å². The third kappa shape index (κ3) is 1.85. The van der Waals surface area contributed by atoms with Gasteiger partial charge in [-0.3, -0.25) is 9.78 Å². The summed E-state index contributed by atoms with van der Waals surface area (Å²) in [5, 5.41) is 12.1. The number of nitrogens with zero attached hydrogens (tertiary/aromatic N) is 1. The van der Waals surface area contributed by atoms with Crippen LogP contribution in [0.4, 0.5) is 0 Å². The number of pyridine rings is 1. The van der Waals surface area contributed by atoms with Crippen molar-refractivity contribution in [3.8, 4) is 0 Å². The highest BCUT2D eigenvalue weighted by Crippen LogP contribution is 2.29. The molecule has 1 aromatic rings. The number of aryl methyl sites for hydroxylation is 1. The highest BCUT2D eigenvalue weighted by atomic mass is 16.4. The van der Waals surface area contributed by atoms with Crippen LogP contribution < -0.4 is 5.32 Å². The van der Waals surface area contributed by atoms with Gasteiger partial charge >= 0.3 is 5.97 Å². The summed E-state index contributed by atoms with van der Waals surface area (Å²) in [4.78, 5) is 15.1. The molecule has 0 spiro atoms. The van der Waals surface area contributed by atoms with Crippen LogP contribution in [0.3, 0.4) is 0 Å². The van der Waals surface area contributed by atoms with E-state index < -0.39 is 12.0 Å². The third-order valence-electron chi connectivity index (χ3n) is 2.97. The van der Waals surface area contributed by atoms with Crippen molar-refractivity contribution < 1.29 is 9.90 Å². The molecule has 4 nitrogen and oxygen atoms in total. The smallest absolute Gasteiger partial charge is 0.321 e. The second kappa shape index (κ2) is 3.98. The Kier molecular flexibility index (Phi) is 2.68. The number of hydrogen-bond acceptors (Lipinski definition) is 3. The molecular formula is C11H14N2O2. The van der Waals surface area contributed by atoms with E-state index in [2.05, 4.69) is 10.3 Å². The number of aliphatic carboxylic acids is 1. The molecule has 2 heterocycles. The number of nitrogens with one attached hydrogen (secondary N) is 1. The summed E-state index contributed by atoms with van der Waals surface area (Å²) in [6.07, 6.45) is 4.38. The first-order chi connectivity index (χ1) is 7.20. The maximum Gasteiger partial charge on any atom is 0.321 e. The van der Waals surface area contributed by atoms with Gasteiger partial charge in [0.25, 0.3) is 0 Å².